The lowest BCUT2D eigenvalue weighted by Crippen LogP contribution is -2.35. The second-order valence-corrected chi connectivity index (χ2v) is 8.49. The van der Waals surface area contributed by atoms with Gasteiger partial charge < -0.3 is 15.4 Å². The number of aromatic nitrogens is 6. The zero-order valence-electron chi connectivity index (χ0n) is 15.8. The van der Waals surface area contributed by atoms with Crippen LogP contribution in [0.1, 0.15) is 12.8 Å². The third-order valence-corrected chi connectivity index (χ3v) is 5.76. The van der Waals surface area contributed by atoms with Gasteiger partial charge in [-0.3, -0.25) is 0 Å². The molecule has 1 aliphatic heterocycles. The smallest absolute Gasteiger partial charge is 0.231 e. The van der Waals surface area contributed by atoms with Gasteiger partial charge in [-0.1, -0.05) is 0 Å². The summed E-state index contributed by atoms with van der Waals surface area (Å²) in [4.78, 5) is 26.0. The van der Waals surface area contributed by atoms with Gasteiger partial charge in [0.1, 0.15) is 10.1 Å². The highest BCUT2D eigenvalue weighted by Crippen LogP contribution is 2.29. The lowest BCUT2D eigenvalue weighted by Gasteiger charge is -2.14. The summed E-state index contributed by atoms with van der Waals surface area (Å²) in [7, 11) is 0. The fraction of sp³-hybridized carbons (Fsp3) is 0.278. The van der Waals surface area contributed by atoms with Crippen molar-refractivity contribution in [1.82, 2.24) is 35.2 Å². The minimum atomic E-state index is 0.184. The maximum Gasteiger partial charge on any atom is 0.231 e. The molecule has 4 rings (SSSR count). The Hall–Kier alpha value is -2.41. The van der Waals surface area contributed by atoms with Gasteiger partial charge in [0, 0.05) is 44.0 Å². The summed E-state index contributed by atoms with van der Waals surface area (Å²) in [6, 6.07) is 5.38. The van der Waals surface area contributed by atoms with Crippen LogP contribution >= 0.6 is 35.7 Å². The van der Waals surface area contributed by atoms with Crippen LogP contribution in [0, 0.1) is 0 Å². The van der Waals surface area contributed by atoms with Crippen LogP contribution in [0.4, 0.5) is 5.95 Å². The number of ether oxygens (including phenoxy) is 1. The molecule has 1 atom stereocenters. The number of hydrogen-bond donors (Lipinski definition) is 2. The summed E-state index contributed by atoms with van der Waals surface area (Å²) in [6.07, 6.45) is 9.05. The zero-order valence-corrected chi connectivity index (χ0v) is 18.2. The molecule has 0 bridgehead atoms. The van der Waals surface area contributed by atoms with Crippen LogP contribution in [0.3, 0.4) is 0 Å². The van der Waals surface area contributed by atoms with Gasteiger partial charge in [0.05, 0.1) is 6.10 Å². The van der Waals surface area contributed by atoms with Crippen LogP contribution in [0.15, 0.2) is 63.4 Å². The third kappa shape index (κ3) is 6.29. The molecule has 1 fully saturated rings. The Balaban J connectivity index is 1.49. The van der Waals surface area contributed by atoms with Crippen LogP contribution in [-0.4, -0.2) is 54.3 Å². The number of nitrogens with one attached hydrogen (secondary N) is 2. The Morgan fingerprint density at radius 2 is 1.60 bits per heavy atom. The maximum absolute atomic E-state index is 5.61. The molecule has 0 radical (unpaired) electrons. The molecule has 3 aromatic rings. The van der Waals surface area contributed by atoms with Crippen molar-refractivity contribution in [2.45, 2.75) is 39.3 Å². The summed E-state index contributed by atoms with van der Waals surface area (Å²) < 4.78 is 5.61. The molecule has 0 saturated carbocycles. The van der Waals surface area contributed by atoms with Gasteiger partial charge >= 0.3 is 0 Å². The Morgan fingerprint density at radius 1 is 1.00 bits per heavy atom. The van der Waals surface area contributed by atoms with E-state index < -0.39 is 0 Å². The van der Waals surface area contributed by atoms with E-state index >= 15 is 0 Å². The van der Waals surface area contributed by atoms with E-state index in [1.54, 1.807) is 36.9 Å². The second-order valence-electron chi connectivity index (χ2n) is 6.10. The van der Waals surface area contributed by atoms with Gasteiger partial charge in [-0.25, -0.2) is 29.9 Å². The van der Waals surface area contributed by atoms with E-state index in [4.69, 9.17) is 17.0 Å². The standard InChI is InChI=1S/C18H18N8OS3/c28-16(23-11-12-4-1-9-27-12)26-15-24-13(29-17-19-5-2-6-20-17)10-14(25-15)30-18-21-7-3-8-22-18/h2-3,5-8,10,12H,1,4,9,11H2,(H2,23,24,25,26,28)/t12-/m1/s1. The third-order valence-electron chi connectivity index (χ3n) is 3.89. The zero-order chi connectivity index (χ0) is 20.6. The van der Waals surface area contributed by atoms with Crippen molar-refractivity contribution in [2.24, 2.45) is 0 Å². The minimum Gasteiger partial charge on any atom is -0.376 e. The molecular formula is C18H18N8OS3. The lowest BCUT2D eigenvalue weighted by molar-refractivity contribution is 0.114. The Labute approximate surface area is 187 Å². The highest BCUT2D eigenvalue weighted by molar-refractivity contribution is 7.99. The summed E-state index contributed by atoms with van der Waals surface area (Å²) >= 11 is 8.07. The number of nitrogens with zero attached hydrogens (tertiary/aromatic N) is 6. The molecular weight excluding hydrogens is 440 g/mol. The Morgan fingerprint density at radius 3 is 2.13 bits per heavy atom. The molecule has 4 heterocycles. The van der Waals surface area contributed by atoms with Crippen LogP contribution in [0.25, 0.3) is 0 Å². The quantitative estimate of drug-likeness (QED) is 0.308. The number of hydrogen-bond acceptors (Lipinski definition) is 10. The van der Waals surface area contributed by atoms with Crippen molar-refractivity contribution in [3.63, 3.8) is 0 Å². The fourth-order valence-electron chi connectivity index (χ4n) is 2.59. The molecule has 0 aliphatic carbocycles. The van der Waals surface area contributed by atoms with Crippen molar-refractivity contribution < 1.29 is 4.74 Å². The highest BCUT2D eigenvalue weighted by Gasteiger charge is 2.16. The summed E-state index contributed by atoms with van der Waals surface area (Å²) in [5, 5.41) is 9.20. The summed E-state index contributed by atoms with van der Waals surface area (Å²) in [6.45, 7) is 1.45. The van der Waals surface area contributed by atoms with Crippen LogP contribution < -0.4 is 10.6 Å². The molecule has 0 amide bonds. The number of thiocarbonyl (C=S) groups is 1. The molecule has 12 heteroatoms. The van der Waals surface area contributed by atoms with E-state index in [1.165, 1.54) is 23.5 Å². The highest BCUT2D eigenvalue weighted by atomic mass is 32.2. The molecule has 1 saturated heterocycles. The van der Waals surface area contributed by atoms with Gasteiger partial charge in [0.15, 0.2) is 15.4 Å². The largest absolute Gasteiger partial charge is 0.376 e. The van der Waals surface area contributed by atoms with Crippen molar-refractivity contribution in [2.75, 3.05) is 18.5 Å². The van der Waals surface area contributed by atoms with E-state index in [1.807, 2.05) is 6.07 Å². The first-order valence-corrected chi connectivity index (χ1v) is 11.2. The molecule has 0 spiro atoms. The first kappa shape index (κ1) is 20.8. The van der Waals surface area contributed by atoms with E-state index in [-0.39, 0.29) is 6.10 Å². The van der Waals surface area contributed by atoms with Crippen LogP contribution in [0.5, 0.6) is 0 Å². The summed E-state index contributed by atoms with van der Waals surface area (Å²) in [5.41, 5.74) is 0. The molecule has 9 nitrogen and oxygen atoms in total. The molecule has 1 aliphatic rings. The van der Waals surface area contributed by atoms with Crippen molar-refractivity contribution >= 4 is 46.8 Å². The normalized spacial score (nSPS) is 15.7. The topological polar surface area (TPSA) is 111 Å². The molecule has 0 aromatic carbocycles. The first-order chi connectivity index (χ1) is 14.7. The monoisotopic (exact) mass is 458 g/mol. The molecule has 3 aromatic heterocycles. The van der Waals surface area contributed by atoms with Crippen LogP contribution in [-0.2, 0) is 4.74 Å². The molecule has 154 valence electrons. The van der Waals surface area contributed by atoms with Crippen molar-refractivity contribution in [3.05, 3.63) is 43.0 Å². The molecule has 30 heavy (non-hydrogen) atoms. The predicted molar refractivity (Wildman–Crippen MR) is 118 cm³/mol. The number of rotatable bonds is 7. The van der Waals surface area contributed by atoms with Gasteiger partial charge in [0.25, 0.3) is 0 Å². The van der Waals surface area contributed by atoms with Crippen molar-refractivity contribution in [3.8, 4) is 0 Å². The molecule has 0 unspecified atom stereocenters. The fourth-order valence-corrected chi connectivity index (χ4v) is 4.27. The molecule has 2 N–H and O–H groups in total. The maximum atomic E-state index is 5.61. The van der Waals surface area contributed by atoms with Gasteiger partial charge in [0.2, 0.25) is 5.95 Å². The van der Waals surface area contributed by atoms with E-state index in [9.17, 15) is 0 Å². The average molecular weight is 459 g/mol. The Kier molecular flexibility index (Phi) is 7.34. The van der Waals surface area contributed by atoms with E-state index in [0.29, 0.717) is 38.0 Å². The van der Waals surface area contributed by atoms with Crippen LogP contribution in [0.2, 0.25) is 0 Å². The van der Waals surface area contributed by atoms with E-state index in [0.717, 1.165) is 19.4 Å². The second kappa shape index (κ2) is 10.6. The first-order valence-electron chi connectivity index (χ1n) is 9.20. The SMILES string of the molecule is S=C(NC[C@H]1CCCO1)Nc1nc(Sc2ncccn2)cc(Sc2ncccn2)n1. The lowest BCUT2D eigenvalue weighted by atomic mass is 10.2. The van der Waals surface area contributed by atoms with Gasteiger partial charge in [-0.2, -0.15) is 0 Å². The average Bonchev–Trinajstić information content (AvgIpc) is 3.27. The Bertz CT molecular complexity index is 914. The van der Waals surface area contributed by atoms with Crippen molar-refractivity contribution in [1.29, 1.82) is 0 Å². The minimum absolute atomic E-state index is 0.184. The van der Waals surface area contributed by atoms with Gasteiger partial charge in [-0.05, 0) is 60.7 Å². The van der Waals surface area contributed by atoms with Gasteiger partial charge in [-0.15, -0.1) is 0 Å². The number of anilines is 1. The van der Waals surface area contributed by atoms with E-state index in [2.05, 4.69) is 40.5 Å². The summed E-state index contributed by atoms with van der Waals surface area (Å²) in [5.74, 6) is 0.374. The predicted octanol–water partition coefficient (Wildman–Crippen LogP) is 2.82.